The van der Waals surface area contributed by atoms with Gasteiger partial charge in [-0.3, -0.25) is 9.59 Å². The van der Waals surface area contributed by atoms with Gasteiger partial charge in [-0.25, -0.2) is 4.39 Å². The quantitative estimate of drug-likeness (QED) is 0.767. The van der Waals surface area contributed by atoms with E-state index in [-0.39, 0.29) is 42.6 Å². The topological polar surface area (TPSA) is 40.6 Å². The van der Waals surface area contributed by atoms with Crippen LogP contribution in [0.25, 0.3) is 0 Å². The number of halogens is 1. The third kappa shape index (κ3) is 4.08. The molecule has 0 spiro atoms. The summed E-state index contributed by atoms with van der Waals surface area (Å²) in [6.45, 7) is 3.27. The second-order valence-corrected chi connectivity index (χ2v) is 7.95. The zero-order valence-electron chi connectivity index (χ0n) is 16.1. The molecule has 1 unspecified atom stereocenters. The molecule has 1 aliphatic carbocycles. The van der Waals surface area contributed by atoms with Crippen LogP contribution in [0.3, 0.4) is 0 Å². The number of hydrogen-bond acceptors (Lipinski definition) is 2. The van der Waals surface area contributed by atoms with E-state index in [1.807, 2.05) is 31.2 Å². The average Bonchev–Trinajstić information content (AvgIpc) is 3.46. The average molecular weight is 380 g/mol. The minimum absolute atomic E-state index is 0.0144. The Morgan fingerprint density at radius 2 is 1.86 bits per heavy atom. The monoisotopic (exact) mass is 380 g/mol. The Kier molecular flexibility index (Phi) is 5.16. The normalized spacial score (nSPS) is 19.1. The van der Waals surface area contributed by atoms with Crippen molar-refractivity contribution in [1.82, 2.24) is 9.80 Å². The number of amides is 2. The van der Waals surface area contributed by atoms with E-state index in [9.17, 15) is 14.0 Å². The molecule has 0 radical (unpaired) electrons. The van der Waals surface area contributed by atoms with Gasteiger partial charge in [0.15, 0.2) is 0 Å². The van der Waals surface area contributed by atoms with E-state index >= 15 is 0 Å². The molecule has 0 aromatic heterocycles. The largest absolute Gasteiger partial charge is 0.338 e. The van der Waals surface area contributed by atoms with Gasteiger partial charge in [-0.05, 0) is 31.4 Å². The van der Waals surface area contributed by atoms with Crippen molar-refractivity contribution in [2.45, 2.75) is 45.3 Å². The number of rotatable bonds is 6. The predicted octanol–water partition coefficient (Wildman–Crippen LogP) is 3.67. The standard InChI is InChI=1S/C23H25FN2O2/c1-16-6-8-17(9-7-16)13-25-14-19(12-22(25)27)23(28)26(20-10-11-20)15-18-4-2-3-5-21(18)24/h2-9,19-20H,10-15H2,1H3. The molecule has 1 aliphatic heterocycles. The maximum absolute atomic E-state index is 14.1. The molecule has 4 nitrogen and oxygen atoms in total. The summed E-state index contributed by atoms with van der Waals surface area (Å²) in [5.41, 5.74) is 2.78. The molecule has 0 bridgehead atoms. The van der Waals surface area contributed by atoms with Crippen LogP contribution in [0.15, 0.2) is 48.5 Å². The number of carbonyl (C=O) groups excluding carboxylic acids is 2. The van der Waals surface area contributed by atoms with Gasteiger partial charge in [0.05, 0.1) is 5.92 Å². The van der Waals surface area contributed by atoms with Crippen molar-refractivity contribution in [3.05, 3.63) is 71.0 Å². The molecule has 1 atom stereocenters. The fourth-order valence-electron chi connectivity index (χ4n) is 3.82. The van der Waals surface area contributed by atoms with E-state index in [1.165, 1.54) is 11.6 Å². The zero-order chi connectivity index (χ0) is 19.7. The summed E-state index contributed by atoms with van der Waals surface area (Å²) in [6, 6.07) is 14.9. The summed E-state index contributed by atoms with van der Waals surface area (Å²) in [5, 5.41) is 0. The van der Waals surface area contributed by atoms with Gasteiger partial charge in [0.1, 0.15) is 5.82 Å². The van der Waals surface area contributed by atoms with Gasteiger partial charge >= 0.3 is 0 Å². The van der Waals surface area contributed by atoms with E-state index in [2.05, 4.69) is 0 Å². The van der Waals surface area contributed by atoms with Crippen LogP contribution in [-0.4, -0.2) is 34.2 Å². The Balaban J connectivity index is 1.44. The third-order valence-corrected chi connectivity index (χ3v) is 5.63. The molecule has 2 fully saturated rings. The molecule has 4 rings (SSSR count). The molecule has 1 heterocycles. The highest BCUT2D eigenvalue weighted by Crippen LogP contribution is 2.32. The van der Waals surface area contributed by atoms with E-state index in [0.29, 0.717) is 18.7 Å². The molecule has 28 heavy (non-hydrogen) atoms. The summed E-state index contributed by atoms with van der Waals surface area (Å²) in [4.78, 5) is 29.2. The zero-order valence-corrected chi connectivity index (χ0v) is 16.1. The first-order valence-corrected chi connectivity index (χ1v) is 9.88. The van der Waals surface area contributed by atoms with Crippen LogP contribution in [0.5, 0.6) is 0 Å². The van der Waals surface area contributed by atoms with Crippen molar-refractivity contribution in [2.24, 2.45) is 5.92 Å². The first-order chi connectivity index (χ1) is 13.5. The maximum atomic E-state index is 14.1. The van der Waals surface area contributed by atoms with Crippen LogP contribution >= 0.6 is 0 Å². The van der Waals surface area contributed by atoms with Crippen molar-refractivity contribution in [3.63, 3.8) is 0 Å². The third-order valence-electron chi connectivity index (χ3n) is 5.63. The second-order valence-electron chi connectivity index (χ2n) is 7.95. The Hall–Kier alpha value is -2.69. The predicted molar refractivity (Wildman–Crippen MR) is 105 cm³/mol. The minimum Gasteiger partial charge on any atom is -0.338 e. The lowest BCUT2D eigenvalue weighted by atomic mass is 10.1. The van der Waals surface area contributed by atoms with Crippen molar-refractivity contribution in [2.75, 3.05) is 6.54 Å². The molecule has 1 saturated carbocycles. The van der Waals surface area contributed by atoms with Gasteiger partial charge in [0.2, 0.25) is 11.8 Å². The SMILES string of the molecule is Cc1ccc(CN2CC(C(=O)N(Cc3ccccc3F)C3CC3)CC2=O)cc1. The smallest absolute Gasteiger partial charge is 0.228 e. The van der Waals surface area contributed by atoms with Crippen molar-refractivity contribution < 1.29 is 14.0 Å². The number of benzene rings is 2. The molecule has 5 heteroatoms. The highest BCUT2D eigenvalue weighted by molar-refractivity contribution is 5.89. The van der Waals surface area contributed by atoms with Gasteiger partial charge in [-0.2, -0.15) is 0 Å². The fourth-order valence-corrected chi connectivity index (χ4v) is 3.82. The summed E-state index contributed by atoms with van der Waals surface area (Å²) >= 11 is 0. The Morgan fingerprint density at radius 1 is 1.14 bits per heavy atom. The highest BCUT2D eigenvalue weighted by Gasteiger charge is 2.41. The van der Waals surface area contributed by atoms with Gasteiger partial charge < -0.3 is 9.80 Å². The molecule has 1 saturated heterocycles. The maximum Gasteiger partial charge on any atom is 0.228 e. The summed E-state index contributed by atoms with van der Waals surface area (Å²) < 4.78 is 14.1. The first-order valence-electron chi connectivity index (χ1n) is 9.88. The lowest BCUT2D eigenvalue weighted by Crippen LogP contribution is -2.38. The van der Waals surface area contributed by atoms with Gasteiger partial charge in [-0.1, -0.05) is 48.0 Å². The molecular formula is C23H25FN2O2. The molecule has 2 amide bonds. The van der Waals surface area contributed by atoms with Crippen LogP contribution in [0.2, 0.25) is 0 Å². The number of nitrogens with zero attached hydrogens (tertiary/aromatic N) is 2. The Morgan fingerprint density at radius 3 is 2.54 bits per heavy atom. The molecule has 0 N–H and O–H groups in total. The molecular weight excluding hydrogens is 355 g/mol. The number of carbonyl (C=O) groups is 2. The van der Waals surface area contributed by atoms with Crippen molar-refractivity contribution >= 4 is 11.8 Å². The Bertz CT molecular complexity index is 876. The van der Waals surface area contributed by atoms with E-state index in [4.69, 9.17) is 0 Å². The van der Waals surface area contributed by atoms with Gasteiger partial charge in [0.25, 0.3) is 0 Å². The lowest BCUT2D eigenvalue weighted by Gasteiger charge is -2.26. The minimum atomic E-state index is -0.342. The molecule has 2 aromatic rings. The van der Waals surface area contributed by atoms with E-state index in [1.54, 1.807) is 28.0 Å². The fraction of sp³-hybridized carbons (Fsp3) is 0.391. The lowest BCUT2D eigenvalue weighted by molar-refractivity contribution is -0.137. The number of likely N-dealkylation sites (tertiary alicyclic amines) is 1. The molecule has 2 aromatic carbocycles. The Labute approximate surface area is 164 Å². The van der Waals surface area contributed by atoms with Crippen LogP contribution in [0.4, 0.5) is 4.39 Å². The first kappa shape index (κ1) is 18.7. The van der Waals surface area contributed by atoms with Crippen LogP contribution in [0.1, 0.15) is 36.0 Å². The van der Waals surface area contributed by atoms with Crippen LogP contribution in [-0.2, 0) is 22.7 Å². The van der Waals surface area contributed by atoms with Crippen molar-refractivity contribution in [1.29, 1.82) is 0 Å². The summed E-state index contributed by atoms with van der Waals surface area (Å²) in [5.74, 6) is -0.638. The highest BCUT2D eigenvalue weighted by atomic mass is 19.1. The van der Waals surface area contributed by atoms with Crippen LogP contribution < -0.4 is 0 Å². The molecule has 146 valence electrons. The van der Waals surface area contributed by atoms with Crippen molar-refractivity contribution in [3.8, 4) is 0 Å². The van der Waals surface area contributed by atoms with Gasteiger partial charge in [-0.15, -0.1) is 0 Å². The summed E-state index contributed by atoms with van der Waals surface area (Å²) in [6.07, 6.45) is 2.15. The molecule has 2 aliphatic rings. The van der Waals surface area contributed by atoms with E-state index in [0.717, 1.165) is 18.4 Å². The summed E-state index contributed by atoms with van der Waals surface area (Å²) in [7, 11) is 0. The second kappa shape index (κ2) is 7.74. The number of hydrogen-bond donors (Lipinski definition) is 0. The van der Waals surface area contributed by atoms with Crippen LogP contribution in [0, 0.1) is 18.7 Å². The van der Waals surface area contributed by atoms with E-state index < -0.39 is 0 Å². The number of aryl methyl sites for hydroxylation is 1. The van der Waals surface area contributed by atoms with Gasteiger partial charge in [0, 0.05) is 37.7 Å².